The Morgan fingerprint density at radius 2 is 2.14 bits per heavy atom. The molecule has 2 atom stereocenters. The predicted octanol–water partition coefficient (Wildman–Crippen LogP) is 1.81. The molecule has 0 saturated carbocycles. The van der Waals surface area contributed by atoms with E-state index in [2.05, 4.69) is 17.1 Å². The summed E-state index contributed by atoms with van der Waals surface area (Å²) in [6, 6.07) is 8.53. The van der Waals surface area contributed by atoms with Crippen molar-refractivity contribution in [3.8, 4) is 5.75 Å². The van der Waals surface area contributed by atoms with Crippen LogP contribution in [0.3, 0.4) is 0 Å². The van der Waals surface area contributed by atoms with Crippen LogP contribution < -0.4 is 10.1 Å². The Labute approximate surface area is 128 Å². The maximum Gasteiger partial charge on any atom is 0.119 e. The number of aryl methyl sites for hydroxylation is 1. The number of benzene rings is 1. The molecule has 4 nitrogen and oxygen atoms in total. The Kier molecular flexibility index (Phi) is 6.49. The molecule has 1 fully saturated rings. The zero-order chi connectivity index (χ0) is 15.1. The molecule has 0 aromatic heterocycles. The second-order valence-electron chi connectivity index (χ2n) is 5.86. The molecule has 0 radical (unpaired) electrons. The molecule has 1 aliphatic heterocycles. The van der Waals surface area contributed by atoms with E-state index in [0.717, 1.165) is 18.8 Å². The average molecular weight is 292 g/mol. The first-order valence-electron chi connectivity index (χ1n) is 8.01. The number of likely N-dealkylation sites (N-methyl/N-ethyl adjacent to an activating group) is 1. The van der Waals surface area contributed by atoms with E-state index >= 15 is 0 Å². The summed E-state index contributed by atoms with van der Waals surface area (Å²) in [5.74, 6) is 0.813. The van der Waals surface area contributed by atoms with Crippen molar-refractivity contribution >= 4 is 0 Å². The maximum absolute atomic E-state index is 9.96. The molecule has 2 unspecified atom stereocenters. The van der Waals surface area contributed by atoms with E-state index in [-0.39, 0.29) is 0 Å². The Balaban J connectivity index is 1.61. The van der Waals surface area contributed by atoms with Gasteiger partial charge in [0.05, 0.1) is 0 Å². The van der Waals surface area contributed by atoms with Gasteiger partial charge in [0.1, 0.15) is 18.5 Å². The molecule has 1 aromatic carbocycles. The second-order valence-corrected chi connectivity index (χ2v) is 5.86. The topological polar surface area (TPSA) is 44.7 Å². The number of hydrogen-bond acceptors (Lipinski definition) is 4. The van der Waals surface area contributed by atoms with Crippen LogP contribution >= 0.6 is 0 Å². The lowest BCUT2D eigenvalue weighted by Crippen LogP contribution is -2.41. The Morgan fingerprint density at radius 3 is 2.86 bits per heavy atom. The highest BCUT2D eigenvalue weighted by Crippen LogP contribution is 2.15. The van der Waals surface area contributed by atoms with Crippen molar-refractivity contribution in [1.29, 1.82) is 0 Å². The van der Waals surface area contributed by atoms with E-state index in [1.807, 2.05) is 31.2 Å². The Bertz CT molecular complexity index is 408. The normalized spacial score (nSPS) is 20.6. The van der Waals surface area contributed by atoms with Gasteiger partial charge in [0, 0.05) is 19.1 Å². The van der Waals surface area contributed by atoms with Crippen molar-refractivity contribution in [3.63, 3.8) is 0 Å². The first-order chi connectivity index (χ1) is 10.2. The summed E-state index contributed by atoms with van der Waals surface area (Å²) in [7, 11) is 0. The van der Waals surface area contributed by atoms with E-state index in [9.17, 15) is 5.11 Å². The molecule has 1 aromatic rings. The number of aliphatic hydroxyl groups is 1. The van der Waals surface area contributed by atoms with Gasteiger partial charge in [-0.15, -0.1) is 0 Å². The van der Waals surface area contributed by atoms with Gasteiger partial charge in [-0.2, -0.15) is 0 Å². The second kappa shape index (κ2) is 8.37. The highest BCUT2D eigenvalue weighted by molar-refractivity contribution is 5.26. The number of rotatable bonds is 8. The number of aliphatic hydroxyl groups excluding tert-OH is 1. The third-order valence-electron chi connectivity index (χ3n) is 4.13. The lowest BCUT2D eigenvalue weighted by atomic mass is 10.2. The van der Waals surface area contributed by atoms with Crippen molar-refractivity contribution in [1.82, 2.24) is 10.2 Å². The van der Waals surface area contributed by atoms with Crippen LogP contribution in [-0.4, -0.2) is 54.9 Å². The molecule has 2 N–H and O–H groups in total. The molecule has 1 heterocycles. The molecule has 0 amide bonds. The van der Waals surface area contributed by atoms with Crippen LogP contribution in [0.4, 0.5) is 0 Å². The highest BCUT2D eigenvalue weighted by Gasteiger charge is 2.22. The zero-order valence-electron chi connectivity index (χ0n) is 13.2. The predicted molar refractivity (Wildman–Crippen MR) is 85.8 cm³/mol. The summed E-state index contributed by atoms with van der Waals surface area (Å²) in [4.78, 5) is 2.50. The smallest absolute Gasteiger partial charge is 0.119 e. The zero-order valence-corrected chi connectivity index (χ0v) is 13.2. The molecular formula is C17H28N2O2. The van der Waals surface area contributed by atoms with Gasteiger partial charge in [0.25, 0.3) is 0 Å². The van der Waals surface area contributed by atoms with Gasteiger partial charge in [0.15, 0.2) is 0 Å². The third-order valence-corrected chi connectivity index (χ3v) is 4.13. The maximum atomic E-state index is 9.96. The van der Waals surface area contributed by atoms with E-state index in [0.29, 0.717) is 19.2 Å². The van der Waals surface area contributed by atoms with Crippen LogP contribution in [-0.2, 0) is 0 Å². The van der Waals surface area contributed by atoms with Crippen molar-refractivity contribution in [2.45, 2.75) is 38.8 Å². The van der Waals surface area contributed by atoms with Crippen molar-refractivity contribution in [2.75, 3.05) is 32.8 Å². The summed E-state index contributed by atoms with van der Waals surface area (Å²) in [6.07, 6.45) is 2.08. The van der Waals surface area contributed by atoms with Gasteiger partial charge in [-0.05, 0) is 45.0 Å². The van der Waals surface area contributed by atoms with Gasteiger partial charge in [-0.1, -0.05) is 24.6 Å². The van der Waals surface area contributed by atoms with Crippen molar-refractivity contribution in [2.24, 2.45) is 0 Å². The van der Waals surface area contributed by atoms with Crippen molar-refractivity contribution in [3.05, 3.63) is 29.8 Å². The molecule has 0 bridgehead atoms. The number of ether oxygens (including phenoxy) is 1. The monoisotopic (exact) mass is 292 g/mol. The minimum absolute atomic E-state index is 0.332. The fourth-order valence-electron chi connectivity index (χ4n) is 2.85. The molecule has 0 spiro atoms. The molecule has 2 rings (SSSR count). The van der Waals surface area contributed by atoms with Crippen LogP contribution in [0.1, 0.15) is 25.3 Å². The number of nitrogens with one attached hydrogen (secondary N) is 1. The summed E-state index contributed by atoms with van der Waals surface area (Å²) in [5.41, 5.74) is 1.21. The SMILES string of the molecule is CCN1CCCC1CNCC(O)COc1ccc(C)cc1. The molecule has 1 aliphatic rings. The van der Waals surface area contributed by atoms with E-state index in [4.69, 9.17) is 4.74 Å². The summed E-state index contributed by atoms with van der Waals surface area (Å²) >= 11 is 0. The molecular weight excluding hydrogens is 264 g/mol. The fraction of sp³-hybridized carbons (Fsp3) is 0.647. The van der Waals surface area contributed by atoms with Crippen LogP contribution in [0, 0.1) is 6.92 Å². The van der Waals surface area contributed by atoms with E-state index in [1.165, 1.54) is 24.9 Å². The molecule has 118 valence electrons. The summed E-state index contributed by atoms with van der Waals surface area (Å²) in [5, 5.41) is 13.3. The first kappa shape index (κ1) is 16.3. The average Bonchev–Trinajstić information content (AvgIpc) is 2.94. The fourth-order valence-corrected chi connectivity index (χ4v) is 2.85. The standard InChI is InChI=1S/C17H28N2O2/c1-3-19-10-4-5-15(19)11-18-12-16(20)13-21-17-8-6-14(2)7-9-17/h6-9,15-16,18,20H,3-5,10-13H2,1-2H3. The van der Waals surface area contributed by atoms with Gasteiger partial charge >= 0.3 is 0 Å². The van der Waals surface area contributed by atoms with Crippen LogP contribution in [0.2, 0.25) is 0 Å². The van der Waals surface area contributed by atoms with E-state index in [1.54, 1.807) is 0 Å². The summed E-state index contributed by atoms with van der Waals surface area (Å²) in [6.45, 7) is 8.45. The highest BCUT2D eigenvalue weighted by atomic mass is 16.5. The Morgan fingerprint density at radius 1 is 1.38 bits per heavy atom. The van der Waals surface area contributed by atoms with E-state index < -0.39 is 6.10 Å². The minimum Gasteiger partial charge on any atom is -0.491 e. The number of likely N-dealkylation sites (tertiary alicyclic amines) is 1. The van der Waals surface area contributed by atoms with Crippen LogP contribution in [0.5, 0.6) is 5.75 Å². The van der Waals surface area contributed by atoms with Crippen LogP contribution in [0.15, 0.2) is 24.3 Å². The van der Waals surface area contributed by atoms with Gasteiger partial charge in [-0.25, -0.2) is 0 Å². The lowest BCUT2D eigenvalue weighted by Gasteiger charge is -2.23. The molecule has 1 saturated heterocycles. The largest absolute Gasteiger partial charge is 0.491 e. The number of hydrogen-bond donors (Lipinski definition) is 2. The molecule has 4 heteroatoms. The first-order valence-corrected chi connectivity index (χ1v) is 8.01. The number of nitrogens with zero attached hydrogens (tertiary/aromatic N) is 1. The van der Waals surface area contributed by atoms with Crippen LogP contribution in [0.25, 0.3) is 0 Å². The molecule has 21 heavy (non-hydrogen) atoms. The molecule has 0 aliphatic carbocycles. The third kappa shape index (κ3) is 5.30. The van der Waals surface area contributed by atoms with Gasteiger partial charge < -0.3 is 15.2 Å². The lowest BCUT2D eigenvalue weighted by molar-refractivity contribution is 0.104. The Hall–Kier alpha value is -1.10. The quantitative estimate of drug-likeness (QED) is 0.767. The summed E-state index contributed by atoms with van der Waals surface area (Å²) < 4.78 is 5.59. The minimum atomic E-state index is -0.470. The van der Waals surface area contributed by atoms with Gasteiger partial charge in [-0.3, -0.25) is 4.90 Å². The van der Waals surface area contributed by atoms with Crippen molar-refractivity contribution < 1.29 is 9.84 Å². The van der Waals surface area contributed by atoms with Gasteiger partial charge in [0.2, 0.25) is 0 Å².